The summed E-state index contributed by atoms with van der Waals surface area (Å²) in [5.74, 6) is 1.73. The minimum absolute atomic E-state index is 0.563. The Morgan fingerprint density at radius 3 is 1.43 bits per heavy atom. The van der Waals surface area contributed by atoms with E-state index in [1.807, 2.05) is 91.1 Å². The van der Waals surface area contributed by atoms with E-state index in [4.69, 9.17) is 23.8 Å². The number of aromatic nitrogens is 4. The van der Waals surface area contributed by atoms with E-state index in [1.54, 1.807) is 6.20 Å². The Hall–Kier alpha value is -7.70. The van der Waals surface area contributed by atoms with Gasteiger partial charge in [0.25, 0.3) is 0 Å². The largest absolute Gasteiger partial charge is 0.456 e. The van der Waals surface area contributed by atoms with Crippen molar-refractivity contribution in [2.45, 2.75) is 0 Å². The van der Waals surface area contributed by atoms with E-state index in [-0.39, 0.29) is 0 Å². The van der Waals surface area contributed by atoms with Crippen molar-refractivity contribution < 1.29 is 8.83 Å². The summed E-state index contributed by atoms with van der Waals surface area (Å²) < 4.78 is 12.7. The molecule has 6 nitrogen and oxygen atoms in total. The van der Waals surface area contributed by atoms with Gasteiger partial charge in [0, 0.05) is 56.2 Å². The molecule has 0 unspecified atom stereocenters. The number of benzene rings is 7. The lowest BCUT2D eigenvalue weighted by Gasteiger charge is -2.14. The van der Waals surface area contributed by atoms with E-state index in [0.717, 1.165) is 93.9 Å². The molecule has 0 bridgehead atoms. The second kappa shape index (κ2) is 13.0. The lowest BCUT2D eigenvalue weighted by molar-refractivity contribution is 0.668. The van der Waals surface area contributed by atoms with Crippen molar-refractivity contribution in [2.24, 2.45) is 0 Å². The summed E-state index contributed by atoms with van der Waals surface area (Å²) in [5.41, 5.74) is 12.1. The van der Waals surface area contributed by atoms with Crippen LogP contribution in [0.25, 0.3) is 111 Å². The van der Waals surface area contributed by atoms with Gasteiger partial charge in [0.2, 0.25) is 0 Å². The highest BCUT2D eigenvalue weighted by atomic mass is 16.3. The summed E-state index contributed by atoms with van der Waals surface area (Å²) in [4.78, 5) is 19.9. The van der Waals surface area contributed by atoms with Crippen LogP contribution in [0.1, 0.15) is 0 Å². The maximum Gasteiger partial charge on any atom is 0.164 e. The zero-order valence-corrected chi connectivity index (χ0v) is 29.9. The molecular weight excluding hydrogens is 689 g/mol. The van der Waals surface area contributed by atoms with Gasteiger partial charge in [-0.05, 0) is 88.5 Å². The van der Waals surface area contributed by atoms with Crippen LogP contribution in [0.15, 0.2) is 191 Å². The first-order chi connectivity index (χ1) is 27.7. The maximum atomic E-state index is 6.35. The standard InChI is InChI=1S/C50H30N4O2/c1-2-11-31(12-3-1)48-52-49(54-50(53-48)43-17-5-4-14-38(43)34-13-10-24-51-30-34)37-26-35(32-20-22-41-39-15-6-8-18-44(39)55-46(41)28-32)25-36(27-37)33-21-23-42-40-16-7-9-19-45(40)56-47(42)29-33/h1-30H. The molecule has 0 radical (unpaired) electrons. The molecule has 0 saturated heterocycles. The van der Waals surface area contributed by atoms with E-state index in [1.165, 1.54) is 0 Å². The van der Waals surface area contributed by atoms with Gasteiger partial charge in [0.05, 0.1) is 0 Å². The number of fused-ring (bicyclic) bond motifs is 6. The van der Waals surface area contributed by atoms with E-state index in [9.17, 15) is 0 Å². The third-order valence-electron chi connectivity index (χ3n) is 10.4. The highest BCUT2D eigenvalue weighted by Gasteiger charge is 2.18. The lowest BCUT2D eigenvalue weighted by Crippen LogP contribution is -2.01. The Kier molecular flexibility index (Phi) is 7.38. The quantitative estimate of drug-likeness (QED) is 0.170. The summed E-state index contributed by atoms with van der Waals surface area (Å²) in [5, 5.41) is 4.36. The molecule has 0 aliphatic rings. The van der Waals surface area contributed by atoms with Gasteiger partial charge in [0.1, 0.15) is 22.3 Å². The number of pyridine rings is 1. The molecule has 56 heavy (non-hydrogen) atoms. The van der Waals surface area contributed by atoms with Crippen molar-refractivity contribution in [3.05, 3.63) is 182 Å². The molecule has 4 aromatic heterocycles. The first kappa shape index (κ1) is 31.8. The number of nitrogens with zero attached hydrogens (tertiary/aromatic N) is 4. The van der Waals surface area contributed by atoms with Gasteiger partial charge >= 0.3 is 0 Å². The van der Waals surface area contributed by atoms with Gasteiger partial charge in [-0.25, -0.2) is 15.0 Å². The van der Waals surface area contributed by atoms with E-state index < -0.39 is 0 Å². The Bertz CT molecular complexity index is 3130. The molecule has 0 N–H and O–H groups in total. The summed E-state index contributed by atoms with van der Waals surface area (Å²) >= 11 is 0. The Balaban J connectivity index is 1.14. The van der Waals surface area contributed by atoms with Crippen LogP contribution in [0.4, 0.5) is 0 Å². The molecule has 0 aliphatic heterocycles. The molecule has 0 amide bonds. The van der Waals surface area contributed by atoms with Crippen LogP contribution < -0.4 is 0 Å². The van der Waals surface area contributed by atoms with Crippen LogP contribution in [0.5, 0.6) is 0 Å². The molecule has 0 spiro atoms. The molecule has 6 heteroatoms. The first-order valence-electron chi connectivity index (χ1n) is 18.5. The molecule has 0 aliphatic carbocycles. The number of para-hydroxylation sites is 2. The van der Waals surface area contributed by atoms with Gasteiger partial charge < -0.3 is 8.83 Å². The third kappa shape index (κ3) is 5.51. The summed E-state index contributed by atoms with van der Waals surface area (Å²) in [6.45, 7) is 0. The molecule has 11 aromatic rings. The van der Waals surface area contributed by atoms with E-state index in [2.05, 4.69) is 89.9 Å². The van der Waals surface area contributed by atoms with Gasteiger partial charge in [0.15, 0.2) is 17.5 Å². The normalized spacial score (nSPS) is 11.6. The highest BCUT2D eigenvalue weighted by molar-refractivity contribution is 6.07. The topological polar surface area (TPSA) is 77.8 Å². The predicted molar refractivity (Wildman–Crippen MR) is 225 cm³/mol. The Labute approximate surface area is 321 Å². The average molecular weight is 719 g/mol. The Morgan fingerprint density at radius 2 is 0.804 bits per heavy atom. The number of furan rings is 2. The smallest absolute Gasteiger partial charge is 0.164 e. The zero-order chi connectivity index (χ0) is 37.0. The molecule has 262 valence electrons. The monoisotopic (exact) mass is 718 g/mol. The van der Waals surface area contributed by atoms with Gasteiger partial charge in [-0.2, -0.15) is 0 Å². The molecule has 0 atom stereocenters. The number of rotatable bonds is 6. The fourth-order valence-electron chi connectivity index (χ4n) is 7.69. The van der Waals surface area contributed by atoms with Crippen molar-refractivity contribution in [2.75, 3.05) is 0 Å². The number of hydrogen-bond acceptors (Lipinski definition) is 6. The van der Waals surface area contributed by atoms with Gasteiger partial charge in [-0.1, -0.05) is 109 Å². The van der Waals surface area contributed by atoms with Gasteiger partial charge in [-0.3, -0.25) is 4.98 Å². The van der Waals surface area contributed by atoms with Crippen LogP contribution in [-0.4, -0.2) is 19.9 Å². The van der Waals surface area contributed by atoms with Crippen molar-refractivity contribution in [3.63, 3.8) is 0 Å². The van der Waals surface area contributed by atoms with Crippen molar-refractivity contribution >= 4 is 43.9 Å². The molecular formula is C50H30N4O2. The number of hydrogen-bond donors (Lipinski definition) is 0. The van der Waals surface area contributed by atoms with Crippen molar-refractivity contribution in [1.82, 2.24) is 19.9 Å². The second-order valence-corrected chi connectivity index (χ2v) is 13.9. The van der Waals surface area contributed by atoms with Crippen LogP contribution >= 0.6 is 0 Å². The molecule has 0 fully saturated rings. The van der Waals surface area contributed by atoms with Crippen molar-refractivity contribution in [1.29, 1.82) is 0 Å². The molecule has 4 heterocycles. The van der Waals surface area contributed by atoms with Crippen molar-refractivity contribution in [3.8, 4) is 67.5 Å². The fourth-order valence-corrected chi connectivity index (χ4v) is 7.69. The van der Waals surface area contributed by atoms with Crippen LogP contribution in [0, 0.1) is 0 Å². The van der Waals surface area contributed by atoms with E-state index >= 15 is 0 Å². The van der Waals surface area contributed by atoms with Crippen LogP contribution in [-0.2, 0) is 0 Å². The van der Waals surface area contributed by atoms with E-state index in [0.29, 0.717) is 17.5 Å². The van der Waals surface area contributed by atoms with Gasteiger partial charge in [-0.15, -0.1) is 0 Å². The lowest BCUT2D eigenvalue weighted by atomic mass is 9.94. The Morgan fingerprint density at radius 1 is 0.304 bits per heavy atom. The molecule has 0 saturated carbocycles. The summed E-state index contributed by atoms with van der Waals surface area (Å²) in [7, 11) is 0. The average Bonchev–Trinajstić information content (AvgIpc) is 3.84. The SMILES string of the molecule is c1ccc(-c2nc(-c3cc(-c4ccc5c(c4)oc4ccccc45)cc(-c4ccc5c(c4)oc4ccccc45)c3)nc(-c3ccccc3-c3cccnc3)n2)cc1. The molecule has 7 aromatic carbocycles. The summed E-state index contributed by atoms with van der Waals surface area (Å²) in [6.07, 6.45) is 3.65. The molecule has 11 rings (SSSR count). The zero-order valence-electron chi connectivity index (χ0n) is 29.9. The fraction of sp³-hybridized carbons (Fsp3) is 0. The summed E-state index contributed by atoms with van der Waals surface area (Å²) in [6, 6.07) is 58.0. The van der Waals surface area contributed by atoms with Crippen LogP contribution in [0.2, 0.25) is 0 Å². The highest BCUT2D eigenvalue weighted by Crippen LogP contribution is 2.39. The third-order valence-corrected chi connectivity index (χ3v) is 10.4. The first-order valence-corrected chi connectivity index (χ1v) is 18.5. The predicted octanol–water partition coefficient (Wildman–Crippen LogP) is 13.1. The second-order valence-electron chi connectivity index (χ2n) is 13.9. The minimum atomic E-state index is 0.563. The minimum Gasteiger partial charge on any atom is -0.456 e. The maximum absolute atomic E-state index is 6.35. The van der Waals surface area contributed by atoms with Crippen LogP contribution in [0.3, 0.4) is 0 Å².